The number of aliphatic hydroxyl groups excluding tert-OH is 1. The zero-order valence-electron chi connectivity index (χ0n) is 11.0. The summed E-state index contributed by atoms with van der Waals surface area (Å²) in [7, 11) is 0. The van der Waals surface area contributed by atoms with Crippen molar-refractivity contribution in [1.29, 1.82) is 5.26 Å². The van der Waals surface area contributed by atoms with Crippen LogP contribution in [0.3, 0.4) is 0 Å². The monoisotopic (exact) mass is 299 g/mol. The SMILES string of the molecule is N#CC(/C=C1/C=C(O)C(=O)C([N+](=O)[O-])=C1)=C1C=CN(O)C=C1. The lowest BCUT2D eigenvalue weighted by Crippen LogP contribution is -2.16. The van der Waals surface area contributed by atoms with Crippen molar-refractivity contribution in [3.63, 3.8) is 0 Å². The van der Waals surface area contributed by atoms with E-state index in [-0.39, 0.29) is 11.1 Å². The summed E-state index contributed by atoms with van der Waals surface area (Å²) in [5.41, 5.74) is -0.0278. The van der Waals surface area contributed by atoms with Gasteiger partial charge in [0, 0.05) is 18.5 Å². The Morgan fingerprint density at radius 3 is 2.55 bits per heavy atom. The number of aliphatic hydroxyl groups is 1. The first-order valence-corrected chi connectivity index (χ1v) is 5.93. The quantitative estimate of drug-likeness (QED) is 0.450. The van der Waals surface area contributed by atoms with Crippen LogP contribution in [-0.4, -0.2) is 26.1 Å². The molecule has 0 amide bonds. The van der Waals surface area contributed by atoms with Gasteiger partial charge in [-0.05, 0) is 35.5 Å². The number of Topliss-reactive ketones (excluding diaryl/α,β-unsaturated/α-hetero) is 1. The highest BCUT2D eigenvalue weighted by Crippen LogP contribution is 2.21. The van der Waals surface area contributed by atoms with Crippen molar-refractivity contribution in [3.8, 4) is 6.07 Å². The van der Waals surface area contributed by atoms with Crippen LogP contribution in [0.25, 0.3) is 0 Å². The smallest absolute Gasteiger partial charge is 0.320 e. The predicted molar refractivity (Wildman–Crippen MR) is 73.4 cm³/mol. The summed E-state index contributed by atoms with van der Waals surface area (Å²) in [5, 5.41) is 39.3. The molecule has 0 saturated carbocycles. The Labute approximate surface area is 124 Å². The highest BCUT2D eigenvalue weighted by Gasteiger charge is 2.29. The maximum absolute atomic E-state index is 11.4. The van der Waals surface area contributed by atoms with E-state index in [1.165, 1.54) is 30.6 Å². The first-order chi connectivity index (χ1) is 10.4. The molecule has 2 aliphatic rings. The fourth-order valence-electron chi connectivity index (χ4n) is 1.78. The molecule has 8 nitrogen and oxygen atoms in total. The Balaban J connectivity index is 2.48. The van der Waals surface area contributed by atoms with Crippen molar-refractivity contribution in [2.45, 2.75) is 0 Å². The zero-order chi connectivity index (χ0) is 16.3. The van der Waals surface area contributed by atoms with Gasteiger partial charge in [-0.2, -0.15) is 5.26 Å². The lowest BCUT2D eigenvalue weighted by atomic mass is 9.99. The van der Waals surface area contributed by atoms with Crippen molar-refractivity contribution >= 4 is 5.78 Å². The van der Waals surface area contributed by atoms with Gasteiger partial charge in [0.25, 0.3) is 5.78 Å². The lowest BCUT2D eigenvalue weighted by molar-refractivity contribution is -0.418. The molecule has 2 N–H and O–H groups in total. The molecule has 0 radical (unpaired) electrons. The fourth-order valence-corrected chi connectivity index (χ4v) is 1.78. The lowest BCUT2D eigenvalue weighted by Gasteiger charge is -2.11. The average Bonchev–Trinajstić information content (AvgIpc) is 2.49. The number of ketones is 1. The molecule has 0 bridgehead atoms. The first-order valence-electron chi connectivity index (χ1n) is 5.93. The highest BCUT2D eigenvalue weighted by atomic mass is 16.6. The van der Waals surface area contributed by atoms with Crippen LogP contribution in [0.5, 0.6) is 0 Å². The third-order valence-corrected chi connectivity index (χ3v) is 2.82. The molecule has 0 saturated heterocycles. The van der Waals surface area contributed by atoms with Crippen LogP contribution in [0, 0.1) is 21.4 Å². The molecule has 110 valence electrons. The van der Waals surface area contributed by atoms with Crippen LogP contribution in [-0.2, 0) is 4.79 Å². The third-order valence-electron chi connectivity index (χ3n) is 2.82. The molecular weight excluding hydrogens is 290 g/mol. The number of allylic oxidation sites excluding steroid dienone is 8. The van der Waals surface area contributed by atoms with Gasteiger partial charge in [0.1, 0.15) is 0 Å². The van der Waals surface area contributed by atoms with Gasteiger partial charge in [-0.3, -0.25) is 20.1 Å². The summed E-state index contributed by atoms with van der Waals surface area (Å²) >= 11 is 0. The largest absolute Gasteiger partial charge is 0.504 e. The zero-order valence-corrected chi connectivity index (χ0v) is 11.0. The van der Waals surface area contributed by atoms with Gasteiger partial charge >= 0.3 is 5.70 Å². The van der Waals surface area contributed by atoms with Crippen molar-refractivity contribution in [1.82, 2.24) is 5.06 Å². The van der Waals surface area contributed by atoms with Crippen molar-refractivity contribution in [2.24, 2.45) is 0 Å². The molecule has 0 fully saturated rings. The van der Waals surface area contributed by atoms with E-state index in [0.29, 0.717) is 5.57 Å². The Kier molecular flexibility index (Phi) is 4.01. The van der Waals surface area contributed by atoms with Gasteiger partial charge in [0.15, 0.2) is 5.76 Å². The number of hydrogen-bond acceptors (Lipinski definition) is 7. The second kappa shape index (κ2) is 5.90. The summed E-state index contributed by atoms with van der Waals surface area (Å²) in [6.45, 7) is 0. The molecule has 2 rings (SSSR count). The second-order valence-corrected chi connectivity index (χ2v) is 4.28. The number of carbonyl (C=O) groups is 1. The van der Waals surface area contributed by atoms with Gasteiger partial charge in [0.05, 0.1) is 16.6 Å². The van der Waals surface area contributed by atoms with Crippen LogP contribution in [0.4, 0.5) is 0 Å². The first kappa shape index (κ1) is 15.0. The van der Waals surface area contributed by atoms with Gasteiger partial charge < -0.3 is 5.11 Å². The summed E-state index contributed by atoms with van der Waals surface area (Å²) in [6.07, 6.45) is 8.86. The fraction of sp³-hybridized carbons (Fsp3) is 0. The molecular formula is C14H9N3O5. The van der Waals surface area contributed by atoms with E-state index >= 15 is 0 Å². The average molecular weight is 299 g/mol. The molecule has 0 aromatic heterocycles. The topological polar surface area (TPSA) is 128 Å². The van der Waals surface area contributed by atoms with Gasteiger partial charge in [-0.25, -0.2) is 5.06 Å². The van der Waals surface area contributed by atoms with Crippen LogP contribution in [0.2, 0.25) is 0 Å². The third kappa shape index (κ3) is 3.00. The summed E-state index contributed by atoms with van der Waals surface area (Å²) in [6, 6.07) is 1.91. The van der Waals surface area contributed by atoms with Crippen LogP contribution in [0.1, 0.15) is 0 Å². The van der Waals surface area contributed by atoms with Crippen molar-refractivity contribution in [2.75, 3.05) is 0 Å². The molecule has 8 heteroatoms. The van der Waals surface area contributed by atoms with Gasteiger partial charge in [-0.15, -0.1) is 0 Å². The molecule has 0 aromatic rings. The normalized spacial score (nSPS) is 18.9. The molecule has 22 heavy (non-hydrogen) atoms. The Morgan fingerprint density at radius 2 is 2.00 bits per heavy atom. The van der Waals surface area contributed by atoms with E-state index in [9.17, 15) is 20.0 Å². The van der Waals surface area contributed by atoms with Gasteiger partial charge in [0.2, 0.25) is 0 Å². The van der Waals surface area contributed by atoms with E-state index < -0.39 is 22.2 Å². The maximum Gasteiger partial charge on any atom is 0.320 e. The number of carbonyl (C=O) groups excluding carboxylic acids is 1. The molecule has 0 unspecified atom stereocenters. The molecule has 1 aliphatic heterocycles. The summed E-state index contributed by atoms with van der Waals surface area (Å²) in [4.78, 5) is 21.3. The van der Waals surface area contributed by atoms with Crippen LogP contribution >= 0.6 is 0 Å². The molecule has 1 aliphatic carbocycles. The number of nitriles is 1. The Morgan fingerprint density at radius 1 is 1.36 bits per heavy atom. The Hall–Kier alpha value is -3.44. The number of nitrogens with zero attached hydrogens (tertiary/aromatic N) is 3. The van der Waals surface area contributed by atoms with Crippen LogP contribution < -0.4 is 0 Å². The van der Waals surface area contributed by atoms with E-state index in [1.807, 2.05) is 6.07 Å². The minimum atomic E-state index is -1.08. The highest BCUT2D eigenvalue weighted by molar-refractivity contribution is 6.06. The molecule has 0 atom stereocenters. The predicted octanol–water partition coefficient (Wildman–Crippen LogP) is 1.65. The second-order valence-electron chi connectivity index (χ2n) is 4.28. The van der Waals surface area contributed by atoms with E-state index in [2.05, 4.69) is 0 Å². The minimum Gasteiger partial charge on any atom is -0.504 e. The summed E-state index contributed by atoms with van der Waals surface area (Å²) in [5.74, 6) is -1.85. The number of rotatable bonds is 2. The van der Waals surface area contributed by atoms with Crippen molar-refractivity contribution in [3.05, 3.63) is 81.1 Å². The maximum atomic E-state index is 11.4. The van der Waals surface area contributed by atoms with E-state index in [0.717, 1.165) is 17.2 Å². The Bertz CT molecular complexity index is 759. The number of hydrogen-bond donors (Lipinski definition) is 2. The van der Waals surface area contributed by atoms with E-state index in [1.54, 1.807) is 0 Å². The van der Waals surface area contributed by atoms with Gasteiger partial charge in [-0.1, -0.05) is 0 Å². The number of nitro groups is 1. The molecule has 1 heterocycles. The van der Waals surface area contributed by atoms with E-state index in [4.69, 9.17) is 10.5 Å². The number of hydroxylamine groups is 2. The summed E-state index contributed by atoms with van der Waals surface area (Å²) < 4.78 is 0. The van der Waals surface area contributed by atoms with Crippen molar-refractivity contribution < 1.29 is 20.0 Å². The minimum absolute atomic E-state index is 0.140. The molecule has 0 aromatic carbocycles. The standard InChI is InChI=1S/C14H9N3O5/c15-8-11(10-1-3-16(20)4-2-10)5-9-6-12(17(21)22)14(19)13(18)7-9/h1-7,18,20H/b9-5+. The molecule has 0 spiro atoms. The van der Waals surface area contributed by atoms with Crippen LogP contribution in [0.15, 0.2) is 71.0 Å².